The van der Waals surface area contributed by atoms with Crippen LogP contribution in [0.5, 0.6) is 5.75 Å². The van der Waals surface area contributed by atoms with Gasteiger partial charge < -0.3 is 10.1 Å². The van der Waals surface area contributed by atoms with Crippen LogP contribution in [-0.2, 0) is 6.61 Å². The molecule has 2 aromatic heterocycles. The van der Waals surface area contributed by atoms with Gasteiger partial charge in [-0.15, -0.1) is 0 Å². The summed E-state index contributed by atoms with van der Waals surface area (Å²) in [6.45, 7) is 4.32. The molecule has 2 aromatic carbocycles. The van der Waals surface area contributed by atoms with Crippen LogP contribution in [0.15, 0.2) is 60.9 Å². The van der Waals surface area contributed by atoms with Crippen LogP contribution < -0.4 is 10.1 Å². The number of pyridine rings is 1. The van der Waals surface area contributed by atoms with Crippen molar-refractivity contribution in [1.82, 2.24) is 20.2 Å². The topological polar surface area (TPSA) is 92.8 Å². The van der Waals surface area contributed by atoms with Crippen LogP contribution in [0.1, 0.15) is 51.6 Å². The second-order valence-corrected chi connectivity index (χ2v) is 8.44. The summed E-state index contributed by atoms with van der Waals surface area (Å²) in [6, 6.07) is 15.1. The molecule has 7 nitrogen and oxygen atoms in total. The second-order valence-electron chi connectivity index (χ2n) is 8.44. The Morgan fingerprint density at radius 2 is 1.94 bits per heavy atom. The molecule has 1 aliphatic carbocycles. The Morgan fingerprint density at radius 1 is 1.12 bits per heavy atom. The number of aryl methyl sites for hydroxylation is 2. The zero-order valence-electron chi connectivity index (χ0n) is 18.6. The molecule has 0 radical (unpaired) electrons. The lowest BCUT2D eigenvalue weighted by molar-refractivity contribution is 0.102. The highest BCUT2D eigenvalue weighted by molar-refractivity contribution is 6.04. The maximum atomic E-state index is 13.0. The molecule has 0 bridgehead atoms. The first-order chi connectivity index (χ1) is 16.1. The largest absolute Gasteiger partial charge is 0.488 e. The first kappa shape index (κ1) is 20.9. The highest BCUT2D eigenvalue weighted by atomic mass is 16.5. The molecule has 1 aliphatic rings. The molecule has 0 atom stereocenters. The van der Waals surface area contributed by atoms with Crippen molar-refractivity contribution >= 4 is 11.6 Å². The molecular weight excluding hydrogens is 414 g/mol. The van der Waals surface area contributed by atoms with Crippen molar-refractivity contribution in [3.63, 3.8) is 0 Å². The molecule has 1 amide bonds. The van der Waals surface area contributed by atoms with Crippen molar-refractivity contribution in [2.24, 2.45) is 0 Å². The van der Waals surface area contributed by atoms with Gasteiger partial charge in [0, 0.05) is 40.7 Å². The number of benzene rings is 2. The normalized spacial score (nSPS) is 13.0. The molecule has 5 rings (SSSR count). The average molecular weight is 440 g/mol. The van der Waals surface area contributed by atoms with Gasteiger partial charge in [0.2, 0.25) is 0 Å². The Kier molecular flexibility index (Phi) is 5.60. The highest BCUT2D eigenvalue weighted by Crippen LogP contribution is 2.38. The van der Waals surface area contributed by atoms with Gasteiger partial charge in [0.25, 0.3) is 5.91 Å². The minimum absolute atomic E-state index is 0.175. The van der Waals surface area contributed by atoms with Crippen LogP contribution in [0.2, 0.25) is 0 Å². The zero-order valence-corrected chi connectivity index (χ0v) is 18.6. The number of hydrogen-bond acceptors (Lipinski definition) is 5. The lowest BCUT2D eigenvalue weighted by atomic mass is 10.0. The molecule has 33 heavy (non-hydrogen) atoms. The summed E-state index contributed by atoms with van der Waals surface area (Å²) in [5, 5.41) is 10.3. The standard InChI is InChI=1S/C26H25N5O2/c1-16-11-21(12-17(2)23(16)33-15-18-5-4-10-27-14-18)26(32)28-22-7-3-6-20(13-22)25-29-24(30-31-25)19-8-9-19/h3-7,10-14,19H,8-9,15H2,1-2H3,(H,28,32)(H,29,30,31). The molecule has 0 unspecified atom stereocenters. The van der Waals surface area contributed by atoms with E-state index in [4.69, 9.17) is 4.74 Å². The van der Waals surface area contributed by atoms with Crippen LogP contribution in [0.25, 0.3) is 11.4 Å². The van der Waals surface area contributed by atoms with Gasteiger partial charge in [-0.1, -0.05) is 18.2 Å². The number of ether oxygens (including phenoxy) is 1. The van der Waals surface area contributed by atoms with E-state index < -0.39 is 0 Å². The predicted octanol–water partition coefficient (Wildman–Crippen LogP) is 5.19. The van der Waals surface area contributed by atoms with E-state index in [1.807, 2.05) is 62.4 Å². The summed E-state index contributed by atoms with van der Waals surface area (Å²) < 4.78 is 6.01. The Morgan fingerprint density at radius 3 is 2.67 bits per heavy atom. The number of carbonyl (C=O) groups is 1. The van der Waals surface area contributed by atoms with Crippen molar-refractivity contribution in [3.05, 3.63) is 89.0 Å². The molecule has 0 saturated heterocycles. The SMILES string of the molecule is Cc1cc(C(=O)Nc2cccc(-c3n[nH]c(C4CC4)n3)c2)cc(C)c1OCc1cccnc1. The van der Waals surface area contributed by atoms with E-state index in [-0.39, 0.29) is 5.91 Å². The first-order valence-electron chi connectivity index (χ1n) is 11.0. The van der Waals surface area contributed by atoms with Crippen molar-refractivity contribution in [1.29, 1.82) is 0 Å². The van der Waals surface area contributed by atoms with E-state index in [0.717, 1.165) is 46.7 Å². The fourth-order valence-corrected chi connectivity index (χ4v) is 3.83. The summed E-state index contributed by atoms with van der Waals surface area (Å²) in [4.78, 5) is 21.7. The third kappa shape index (κ3) is 4.77. The number of aromatic nitrogens is 4. The van der Waals surface area contributed by atoms with E-state index >= 15 is 0 Å². The van der Waals surface area contributed by atoms with E-state index in [0.29, 0.717) is 29.6 Å². The molecule has 4 aromatic rings. The van der Waals surface area contributed by atoms with Crippen molar-refractivity contribution < 1.29 is 9.53 Å². The third-order valence-corrected chi connectivity index (χ3v) is 5.67. The number of anilines is 1. The number of rotatable bonds is 7. The summed E-state index contributed by atoms with van der Waals surface area (Å²) in [7, 11) is 0. The monoisotopic (exact) mass is 439 g/mol. The van der Waals surface area contributed by atoms with Gasteiger partial charge in [-0.25, -0.2) is 4.98 Å². The van der Waals surface area contributed by atoms with E-state index in [1.54, 1.807) is 12.4 Å². The van der Waals surface area contributed by atoms with Crippen LogP contribution in [0.4, 0.5) is 5.69 Å². The zero-order chi connectivity index (χ0) is 22.8. The fourth-order valence-electron chi connectivity index (χ4n) is 3.83. The number of aromatic amines is 1. The Labute approximate surface area is 192 Å². The smallest absolute Gasteiger partial charge is 0.255 e. The Bertz CT molecular complexity index is 1270. The lowest BCUT2D eigenvalue weighted by Crippen LogP contribution is -2.13. The summed E-state index contributed by atoms with van der Waals surface area (Å²) in [5.74, 6) is 2.71. The minimum Gasteiger partial charge on any atom is -0.488 e. The molecular formula is C26H25N5O2. The van der Waals surface area contributed by atoms with Gasteiger partial charge in [0.1, 0.15) is 18.2 Å². The van der Waals surface area contributed by atoms with Gasteiger partial charge in [0.05, 0.1) is 0 Å². The minimum atomic E-state index is -0.175. The quantitative estimate of drug-likeness (QED) is 0.413. The third-order valence-electron chi connectivity index (χ3n) is 5.67. The second kappa shape index (κ2) is 8.86. The van der Waals surface area contributed by atoms with Crippen LogP contribution in [-0.4, -0.2) is 26.1 Å². The van der Waals surface area contributed by atoms with Crippen molar-refractivity contribution in [2.45, 2.75) is 39.2 Å². The van der Waals surface area contributed by atoms with Crippen molar-refractivity contribution in [2.75, 3.05) is 5.32 Å². The molecule has 0 aliphatic heterocycles. The van der Waals surface area contributed by atoms with Gasteiger partial charge in [-0.2, -0.15) is 5.10 Å². The van der Waals surface area contributed by atoms with Crippen LogP contribution in [0, 0.1) is 13.8 Å². The molecule has 1 fully saturated rings. The first-order valence-corrected chi connectivity index (χ1v) is 11.0. The van der Waals surface area contributed by atoms with E-state index in [9.17, 15) is 4.79 Å². The van der Waals surface area contributed by atoms with Gasteiger partial charge in [-0.05, 0) is 68.1 Å². The number of nitrogens with zero attached hydrogens (tertiary/aromatic N) is 3. The van der Waals surface area contributed by atoms with Gasteiger partial charge in [0.15, 0.2) is 5.82 Å². The molecule has 1 saturated carbocycles. The number of amides is 1. The molecule has 2 heterocycles. The number of H-pyrrole nitrogens is 1. The number of nitrogens with one attached hydrogen (secondary N) is 2. The van der Waals surface area contributed by atoms with Gasteiger partial charge in [-0.3, -0.25) is 14.9 Å². The van der Waals surface area contributed by atoms with Gasteiger partial charge >= 0.3 is 0 Å². The summed E-state index contributed by atoms with van der Waals surface area (Å²) in [5.41, 5.74) is 4.95. The predicted molar refractivity (Wildman–Crippen MR) is 126 cm³/mol. The summed E-state index contributed by atoms with van der Waals surface area (Å²) in [6.07, 6.45) is 5.85. The molecule has 2 N–H and O–H groups in total. The van der Waals surface area contributed by atoms with Crippen LogP contribution >= 0.6 is 0 Å². The maximum Gasteiger partial charge on any atom is 0.255 e. The summed E-state index contributed by atoms with van der Waals surface area (Å²) >= 11 is 0. The molecule has 0 spiro atoms. The van der Waals surface area contributed by atoms with Crippen molar-refractivity contribution in [3.8, 4) is 17.1 Å². The van der Waals surface area contributed by atoms with E-state index in [1.165, 1.54) is 0 Å². The fraction of sp³-hybridized carbons (Fsp3) is 0.231. The number of carbonyl (C=O) groups excluding carboxylic acids is 1. The van der Waals surface area contributed by atoms with Crippen LogP contribution in [0.3, 0.4) is 0 Å². The highest BCUT2D eigenvalue weighted by Gasteiger charge is 2.27. The Hall–Kier alpha value is -4.00. The average Bonchev–Trinajstić information content (AvgIpc) is 3.55. The lowest BCUT2D eigenvalue weighted by Gasteiger charge is -2.14. The number of hydrogen-bond donors (Lipinski definition) is 2. The molecule has 7 heteroatoms. The molecule has 166 valence electrons. The maximum absolute atomic E-state index is 13.0. The Balaban J connectivity index is 1.29. The van der Waals surface area contributed by atoms with E-state index in [2.05, 4.69) is 25.5 Å².